The lowest BCUT2D eigenvalue weighted by Crippen LogP contribution is -2.27. The Bertz CT molecular complexity index is 927. The predicted octanol–water partition coefficient (Wildman–Crippen LogP) is 4.48. The number of rotatable bonds is 3. The minimum Gasteiger partial charge on any atom is -0.361 e. The molecule has 0 amide bonds. The Morgan fingerprint density at radius 3 is 2.46 bits per heavy atom. The Kier molecular flexibility index (Phi) is 4.33. The van der Waals surface area contributed by atoms with Crippen LogP contribution in [0.4, 0.5) is 23.4 Å². The van der Waals surface area contributed by atoms with Gasteiger partial charge in [-0.3, -0.25) is 4.98 Å². The van der Waals surface area contributed by atoms with E-state index < -0.39 is 29.0 Å². The van der Waals surface area contributed by atoms with Gasteiger partial charge in [0.15, 0.2) is 5.65 Å². The van der Waals surface area contributed by atoms with Crippen LogP contribution < -0.4 is 5.32 Å². The Labute approximate surface area is 147 Å². The first-order valence-corrected chi connectivity index (χ1v) is 7.84. The molecule has 2 aromatic heterocycles. The highest BCUT2D eigenvalue weighted by Gasteiger charge is 2.35. The van der Waals surface area contributed by atoms with Crippen LogP contribution in [0.2, 0.25) is 0 Å². The number of hydrogen-bond acceptors (Lipinski definition) is 4. The van der Waals surface area contributed by atoms with Crippen LogP contribution in [0.15, 0.2) is 36.9 Å². The van der Waals surface area contributed by atoms with Crippen molar-refractivity contribution < 1.29 is 17.6 Å². The fraction of sp³-hybridized carbons (Fsp3) is 0.353. The average molecular weight is 367 g/mol. The molecule has 0 radical (unpaired) electrons. The molecule has 26 heavy (non-hydrogen) atoms. The number of fused-ring (bicyclic) bond motifs is 1. The van der Waals surface area contributed by atoms with E-state index in [9.17, 15) is 17.6 Å². The topological polar surface area (TPSA) is 55.1 Å². The molecule has 0 aliphatic rings. The minimum absolute atomic E-state index is 0.389. The van der Waals surface area contributed by atoms with Gasteiger partial charge >= 0.3 is 6.18 Å². The van der Waals surface area contributed by atoms with Crippen LogP contribution in [0, 0.1) is 11.2 Å². The molecular formula is C17H17F4N5. The first-order valence-electron chi connectivity index (χ1n) is 7.84. The summed E-state index contributed by atoms with van der Waals surface area (Å²) in [6, 6.07) is 2.47. The summed E-state index contributed by atoms with van der Waals surface area (Å²) in [4.78, 5) is 8.11. The number of anilines is 1. The summed E-state index contributed by atoms with van der Waals surface area (Å²) < 4.78 is 54.0. The lowest BCUT2D eigenvalue weighted by Gasteiger charge is -2.33. The van der Waals surface area contributed by atoms with Crippen LogP contribution in [0.3, 0.4) is 0 Å². The average Bonchev–Trinajstić information content (AvgIpc) is 2.99. The molecule has 3 rings (SSSR count). The molecule has 1 N–H and O–H groups in total. The molecule has 1 aromatic carbocycles. The molecule has 0 unspecified atom stereocenters. The number of nitrogens with one attached hydrogen (secondary N) is 1. The summed E-state index contributed by atoms with van der Waals surface area (Å²) in [5, 5.41) is 7.29. The minimum atomic E-state index is -4.73. The Balaban J connectivity index is 2.02. The van der Waals surface area contributed by atoms with Gasteiger partial charge in [-0.05, 0) is 23.1 Å². The molecule has 0 saturated heterocycles. The van der Waals surface area contributed by atoms with Gasteiger partial charge < -0.3 is 5.32 Å². The molecule has 0 aliphatic carbocycles. The molecule has 1 atom stereocenters. The molecule has 0 saturated carbocycles. The zero-order chi connectivity index (χ0) is 19.1. The van der Waals surface area contributed by atoms with E-state index in [0.29, 0.717) is 17.0 Å². The summed E-state index contributed by atoms with van der Waals surface area (Å²) in [6.07, 6.45) is -0.307. The largest absolute Gasteiger partial charge is 0.419 e. The molecular weight excluding hydrogens is 350 g/mol. The van der Waals surface area contributed by atoms with Gasteiger partial charge in [0, 0.05) is 0 Å². The van der Waals surface area contributed by atoms with Crippen LogP contribution in [0.25, 0.3) is 5.65 Å². The highest BCUT2D eigenvalue weighted by molar-refractivity contribution is 5.47. The molecule has 0 fully saturated rings. The second kappa shape index (κ2) is 6.22. The quantitative estimate of drug-likeness (QED) is 0.694. The Hall–Kier alpha value is -2.71. The van der Waals surface area contributed by atoms with Crippen LogP contribution in [-0.2, 0) is 6.18 Å². The van der Waals surface area contributed by atoms with Gasteiger partial charge in [-0.2, -0.15) is 22.8 Å². The van der Waals surface area contributed by atoms with Crippen LogP contribution in [0.5, 0.6) is 0 Å². The number of hydrogen-bond donors (Lipinski definition) is 1. The van der Waals surface area contributed by atoms with Crippen molar-refractivity contribution in [1.29, 1.82) is 0 Å². The maximum Gasteiger partial charge on any atom is 0.419 e. The molecule has 0 spiro atoms. The number of halogens is 4. The molecule has 0 bridgehead atoms. The molecule has 9 heteroatoms. The van der Waals surface area contributed by atoms with E-state index >= 15 is 0 Å². The normalized spacial score (nSPS) is 13.8. The van der Waals surface area contributed by atoms with Crippen LogP contribution >= 0.6 is 0 Å². The van der Waals surface area contributed by atoms with Crippen molar-refractivity contribution in [3.8, 4) is 0 Å². The fourth-order valence-corrected chi connectivity index (χ4v) is 2.74. The van der Waals surface area contributed by atoms with Gasteiger partial charge in [-0.1, -0.05) is 26.8 Å². The predicted molar refractivity (Wildman–Crippen MR) is 88.0 cm³/mol. The van der Waals surface area contributed by atoms with Crippen molar-refractivity contribution in [2.75, 3.05) is 5.32 Å². The smallest absolute Gasteiger partial charge is 0.361 e. The first kappa shape index (κ1) is 18.1. The third kappa shape index (κ3) is 3.47. The van der Waals surface area contributed by atoms with Crippen LogP contribution in [0.1, 0.15) is 37.9 Å². The number of aromatic nitrogens is 4. The van der Waals surface area contributed by atoms with Crippen molar-refractivity contribution in [3.05, 3.63) is 53.9 Å². The summed E-state index contributed by atoms with van der Waals surface area (Å²) in [5.41, 5.74) is -0.815. The molecule has 2 heterocycles. The molecule has 0 aliphatic heterocycles. The van der Waals surface area contributed by atoms with Gasteiger partial charge in [0.2, 0.25) is 0 Å². The number of nitrogens with zero attached hydrogens (tertiary/aromatic N) is 4. The maximum absolute atomic E-state index is 14.0. The van der Waals surface area contributed by atoms with Gasteiger partial charge in [0.05, 0.1) is 24.0 Å². The summed E-state index contributed by atoms with van der Waals surface area (Å²) in [5.74, 6) is -0.802. The van der Waals surface area contributed by atoms with Crippen molar-refractivity contribution in [2.24, 2.45) is 5.41 Å². The Morgan fingerprint density at radius 2 is 1.85 bits per heavy atom. The highest BCUT2D eigenvalue weighted by Crippen LogP contribution is 2.38. The van der Waals surface area contributed by atoms with E-state index in [1.807, 2.05) is 20.8 Å². The van der Waals surface area contributed by atoms with Crippen molar-refractivity contribution in [3.63, 3.8) is 0 Å². The van der Waals surface area contributed by atoms with E-state index in [0.717, 1.165) is 12.1 Å². The van der Waals surface area contributed by atoms with Gasteiger partial charge in [-0.25, -0.2) is 9.37 Å². The summed E-state index contributed by atoms with van der Waals surface area (Å²) in [7, 11) is 0. The van der Waals surface area contributed by atoms with Gasteiger partial charge in [-0.15, -0.1) is 0 Å². The summed E-state index contributed by atoms with van der Waals surface area (Å²) >= 11 is 0. The Morgan fingerprint density at radius 1 is 1.12 bits per heavy atom. The van der Waals surface area contributed by atoms with E-state index in [1.165, 1.54) is 29.3 Å². The highest BCUT2D eigenvalue weighted by atomic mass is 19.4. The van der Waals surface area contributed by atoms with Crippen molar-refractivity contribution >= 4 is 11.5 Å². The maximum atomic E-state index is 14.0. The zero-order valence-electron chi connectivity index (χ0n) is 14.3. The molecule has 138 valence electrons. The third-order valence-corrected chi connectivity index (χ3v) is 3.98. The third-order valence-electron chi connectivity index (χ3n) is 3.98. The van der Waals surface area contributed by atoms with Gasteiger partial charge in [0.1, 0.15) is 18.0 Å². The second-order valence-corrected chi connectivity index (χ2v) is 7.00. The van der Waals surface area contributed by atoms with Gasteiger partial charge in [0.25, 0.3) is 0 Å². The van der Waals surface area contributed by atoms with Crippen molar-refractivity contribution in [1.82, 2.24) is 19.6 Å². The van der Waals surface area contributed by atoms with E-state index in [4.69, 9.17) is 0 Å². The SMILES string of the molecule is CC(C)(C)[C@@H](Nc1cncc2ncnn12)c1ccc(C(F)(F)F)c(F)c1. The standard InChI is InChI=1S/C17H17F4N5/c1-16(2,3)15(10-4-5-11(12(18)6-10)17(19,20)21)25-14-8-22-7-13-23-9-24-26(13)14/h4-9,15,25H,1-3H3/t15-/m0/s1. The first-order chi connectivity index (χ1) is 12.1. The molecule has 5 nitrogen and oxygen atoms in total. The van der Waals surface area contributed by atoms with E-state index in [2.05, 4.69) is 20.4 Å². The van der Waals surface area contributed by atoms with E-state index in [1.54, 1.807) is 0 Å². The summed E-state index contributed by atoms with van der Waals surface area (Å²) in [6.45, 7) is 5.69. The molecule has 3 aromatic rings. The zero-order valence-corrected chi connectivity index (χ0v) is 14.3. The van der Waals surface area contributed by atoms with Crippen LogP contribution in [-0.4, -0.2) is 19.6 Å². The number of benzene rings is 1. The number of alkyl halides is 3. The van der Waals surface area contributed by atoms with Crippen molar-refractivity contribution in [2.45, 2.75) is 33.0 Å². The lowest BCUT2D eigenvalue weighted by atomic mass is 9.82. The second-order valence-electron chi connectivity index (χ2n) is 7.00. The fourth-order valence-electron chi connectivity index (χ4n) is 2.74. The van der Waals surface area contributed by atoms with E-state index in [-0.39, 0.29) is 0 Å². The monoisotopic (exact) mass is 367 g/mol. The lowest BCUT2D eigenvalue weighted by molar-refractivity contribution is -0.140.